The molecule has 4 fully saturated rings. The van der Waals surface area contributed by atoms with Crippen LogP contribution in [0.25, 0.3) is 0 Å². The first kappa shape index (κ1) is 77.8. The molecule has 0 saturated heterocycles. The maximum Gasteiger partial charge on any atom is 0.119 e. The minimum absolute atomic E-state index is 0.0403. The van der Waals surface area contributed by atoms with Gasteiger partial charge in [-0.2, -0.15) is 0 Å². The van der Waals surface area contributed by atoms with Crippen LogP contribution in [0.1, 0.15) is 217 Å². The highest BCUT2D eigenvalue weighted by Crippen LogP contribution is 2.51. The van der Waals surface area contributed by atoms with Crippen molar-refractivity contribution in [3.8, 4) is 5.75 Å². The van der Waals surface area contributed by atoms with Crippen molar-refractivity contribution in [2.75, 3.05) is 139 Å². The summed E-state index contributed by atoms with van der Waals surface area (Å²) in [6, 6.07) is 30.1. The third-order valence-corrected chi connectivity index (χ3v) is 26.8. The molecule has 0 radical (unpaired) electrons. The lowest BCUT2D eigenvalue weighted by molar-refractivity contribution is -0.121. The maximum absolute atomic E-state index is 6.71. The number of ether oxygens (including phenoxy) is 9. The second kappa shape index (κ2) is 37.3. The topological polar surface area (TPSA) is 131 Å². The minimum Gasteiger partial charge on any atom is -0.497 e. The molecule has 4 saturated carbocycles. The van der Waals surface area contributed by atoms with Gasteiger partial charge in [-0.05, 0) is 178 Å². The number of nitrogens with one attached hydrogen (secondary N) is 4. The van der Waals surface area contributed by atoms with Crippen LogP contribution in [0.3, 0.4) is 0 Å². The lowest BCUT2D eigenvalue weighted by Gasteiger charge is -2.49. The lowest BCUT2D eigenvalue weighted by Crippen LogP contribution is -2.56. The van der Waals surface area contributed by atoms with Crippen molar-refractivity contribution in [2.24, 2.45) is 29.1 Å². The van der Waals surface area contributed by atoms with Crippen LogP contribution in [-0.4, -0.2) is 163 Å². The number of fused-ring (bicyclic) bond motifs is 16. The van der Waals surface area contributed by atoms with Crippen molar-refractivity contribution in [2.45, 2.75) is 248 Å². The number of rotatable bonds is 37. The zero-order chi connectivity index (χ0) is 70.8. The molecule has 12 rings (SSSR count). The molecule has 12 atom stereocenters. The highest BCUT2D eigenvalue weighted by molar-refractivity contribution is 5.47. The molecule has 8 aliphatic carbocycles. The van der Waals surface area contributed by atoms with Gasteiger partial charge in [0, 0.05) is 72.0 Å². The number of hydrogen-bond acceptors (Lipinski definition) is 13. The molecule has 13 heteroatoms. The van der Waals surface area contributed by atoms with E-state index >= 15 is 0 Å². The summed E-state index contributed by atoms with van der Waals surface area (Å²) in [6.07, 6.45) is 30.3. The molecule has 8 bridgehead atoms. The fourth-order valence-corrected chi connectivity index (χ4v) is 21.5. The Morgan fingerprint density at radius 2 is 0.588 bits per heavy atom. The van der Waals surface area contributed by atoms with Crippen molar-refractivity contribution in [3.05, 3.63) is 134 Å². The summed E-state index contributed by atoms with van der Waals surface area (Å²) < 4.78 is 58.3. The Morgan fingerprint density at radius 3 is 0.873 bits per heavy atom. The molecule has 0 heterocycles. The van der Waals surface area contributed by atoms with E-state index < -0.39 is 5.41 Å². The molecule has 4 N–H and O–H groups in total. The van der Waals surface area contributed by atoms with E-state index in [1.807, 2.05) is 0 Å². The fraction of sp³-hybridized carbons (Fsp3) is 0.730. The summed E-state index contributed by atoms with van der Waals surface area (Å²) in [5, 5.41) is 16.3. The molecule has 4 aromatic carbocycles. The van der Waals surface area contributed by atoms with Crippen LogP contribution in [-0.2, 0) is 85.2 Å². The van der Waals surface area contributed by atoms with E-state index in [0.717, 1.165) is 57.6 Å². The quantitative estimate of drug-likeness (QED) is 0.0320. The van der Waals surface area contributed by atoms with Gasteiger partial charge in [0.25, 0.3) is 0 Å². The van der Waals surface area contributed by atoms with Crippen LogP contribution in [0.15, 0.2) is 72.8 Å². The van der Waals surface area contributed by atoms with E-state index in [9.17, 15) is 0 Å². The van der Waals surface area contributed by atoms with E-state index in [1.54, 1.807) is 40.5 Å². The molecular weight excluding hydrogens is 1270 g/mol. The molecule has 0 spiro atoms. The van der Waals surface area contributed by atoms with Crippen LogP contribution in [0.4, 0.5) is 0 Å². The van der Waals surface area contributed by atoms with Crippen LogP contribution in [0.2, 0.25) is 0 Å². The van der Waals surface area contributed by atoms with E-state index in [-0.39, 0.29) is 21.7 Å². The summed E-state index contributed by atoms with van der Waals surface area (Å²) in [6.45, 7) is 28.0. The summed E-state index contributed by atoms with van der Waals surface area (Å²) in [5.41, 5.74) is 16.2. The summed E-state index contributed by atoms with van der Waals surface area (Å²) in [4.78, 5) is 0. The van der Waals surface area contributed by atoms with Gasteiger partial charge in [-0.15, -0.1) is 0 Å². The van der Waals surface area contributed by atoms with Crippen LogP contribution in [0, 0.1) is 49.9 Å². The first-order valence-corrected chi connectivity index (χ1v) is 41.2. The van der Waals surface area contributed by atoms with Crippen molar-refractivity contribution < 1.29 is 42.6 Å². The average Bonchev–Trinajstić information content (AvgIpc) is 0.772. The molecule has 0 aliphatic heterocycles. The number of aryl methyl sites for hydroxylation is 3. The Kier molecular flexibility index (Phi) is 28.5. The molecule has 0 amide bonds. The maximum atomic E-state index is 6.71. The Labute approximate surface area is 616 Å². The Balaban J connectivity index is 0.666. The predicted molar refractivity (Wildman–Crippen MR) is 413 cm³/mol. The molecule has 13 nitrogen and oxygen atoms in total. The van der Waals surface area contributed by atoms with Gasteiger partial charge < -0.3 is 63.9 Å². The van der Waals surface area contributed by atoms with Crippen LogP contribution in [0.5, 0.6) is 5.75 Å². The predicted octanol–water partition coefficient (Wildman–Crippen LogP) is 15.2. The Hall–Kier alpha value is -3.80. The smallest absolute Gasteiger partial charge is 0.119 e. The van der Waals surface area contributed by atoms with Gasteiger partial charge in [0.15, 0.2) is 0 Å². The second-order valence-electron chi connectivity index (χ2n) is 34.3. The second-order valence-corrected chi connectivity index (χ2v) is 34.3. The molecule has 0 unspecified atom stereocenters. The number of benzene rings is 4. The molecule has 566 valence electrons. The highest BCUT2D eigenvalue weighted by Gasteiger charge is 2.50. The molecule has 4 aromatic rings. The first-order valence-electron chi connectivity index (χ1n) is 41.2. The van der Waals surface area contributed by atoms with Gasteiger partial charge in [-0.1, -0.05) is 182 Å². The summed E-state index contributed by atoms with van der Waals surface area (Å²) >= 11 is 0. The molecule has 8 aliphatic rings. The van der Waals surface area contributed by atoms with Gasteiger partial charge in [0.1, 0.15) is 5.75 Å². The summed E-state index contributed by atoms with van der Waals surface area (Å²) in [7, 11) is 1.79. The highest BCUT2D eigenvalue weighted by atomic mass is 16.6. The van der Waals surface area contributed by atoms with Gasteiger partial charge in [-0.25, -0.2) is 0 Å². The van der Waals surface area contributed by atoms with Crippen molar-refractivity contribution in [1.82, 2.24) is 21.3 Å². The molecule has 102 heavy (non-hydrogen) atoms. The van der Waals surface area contributed by atoms with Crippen molar-refractivity contribution >= 4 is 0 Å². The van der Waals surface area contributed by atoms with Gasteiger partial charge in [0.05, 0.1) is 118 Å². The number of hydrogen-bond donors (Lipinski definition) is 4. The summed E-state index contributed by atoms with van der Waals surface area (Å²) in [5.74, 6) is 3.47. The largest absolute Gasteiger partial charge is 0.497 e. The molecular formula is C89H136N4O9. The normalized spacial score (nSPS) is 29.3. The minimum atomic E-state index is -0.614. The monoisotopic (exact) mass is 1410 g/mol. The van der Waals surface area contributed by atoms with E-state index in [2.05, 4.69) is 143 Å². The standard InChI is InChI=1S/C89H136N4O9/c1-65-25-28-68-56-72-21-13-9-17-33-85(4,77(68)53-65)81(72)90-37-41-95-45-49-99-61-89(62-100-50-46-96-42-38-91-82-73-22-14-10-18-34-86(82,5)78-54-66(2)26-29-69(78)57-73,63-101-51-47-97-43-39-92-83-74-23-15-11-19-35-87(83,6)79-55-67(3)27-30-70(79)58-74)64-102-52-48-98-44-40-93-84-75-24-16-12-20-36-88(84,7)80-60-76(94-8)32-31-71(80)59-75/h25-32,53-55,60,72-75,81-84,90-93H,9-24,33-52,56-59,61-64H2,1-8H3/t72-,73-,74-,75-,81-,82-,83-,84-,85+,86+,87+,88+/m0/s1. The van der Waals surface area contributed by atoms with Gasteiger partial charge in [-0.3, -0.25) is 0 Å². The van der Waals surface area contributed by atoms with E-state index in [0.29, 0.717) is 154 Å². The Bertz CT molecular complexity index is 2990. The van der Waals surface area contributed by atoms with Crippen molar-refractivity contribution in [1.29, 1.82) is 0 Å². The zero-order valence-corrected chi connectivity index (χ0v) is 64.8. The van der Waals surface area contributed by atoms with Gasteiger partial charge >= 0.3 is 0 Å². The Morgan fingerprint density at radius 1 is 0.324 bits per heavy atom. The van der Waals surface area contributed by atoms with E-state index in [4.69, 9.17) is 42.6 Å². The fourth-order valence-electron chi connectivity index (χ4n) is 21.5. The van der Waals surface area contributed by atoms with Gasteiger partial charge in [0.2, 0.25) is 0 Å². The average molecular weight is 1410 g/mol. The molecule has 0 aromatic heterocycles. The number of methoxy groups -OCH3 is 1. The lowest BCUT2D eigenvalue weighted by atomic mass is 9.59. The first-order chi connectivity index (χ1) is 49.7. The van der Waals surface area contributed by atoms with E-state index in [1.165, 1.54) is 156 Å². The SMILES string of the molecule is COc1ccc2c(c1)[C@@]1(C)CCCCC[C@@H](C2)[C@@H]1NCCOCCOCC(COCCOCCN[C@H]1[C@H]2CCCCC[C@]1(C)c1cc(C)ccc1C2)(COCCOCCN[C@H]1[C@H]2CCCCC[C@]1(C)c1cc(C)ccc1C2)COCCOCCN[C@H]1[C@H]2CCCCC[C@]1(C)c1cc(C)ccc1C2. The van der Waals surface area contributed by atoms with Crippen LogP contribution >= 0.6 is 0 Å². The van der Waals surface area contributed by atoms with Crippen molar-refractivity contribution in [3.63, 3.8) is 0 Å². The third-order valence-electron chi connectivity index (χ3n) is 26.8. The third kappa shape index (κ3) is 19.0. The van der Waals surface area contributed by atoms with Crippen LogP contribution < -0.4 is 26.0 Å². The zero-order valence-electron chi connectivity index (χ0n) is 64.8.